The molecule has 2 N–H and O–H groups in total. The van der Waals surface area contributed by atoms with Crippen LogP contribution in [0.3, 0.4) is 0 Å². The molecule has 2 aliphatic heterocycles. The number of methoxy groups -OCH3 is 1. The number of nitrogen functional groups attached to an aromatic ring is 1. The minimum atomic E-state index is -0.143. The van der Waals surface area contributed by atoms with Gasteiger partial charge in [-0.3, -0.25) is 4.79 Å². The van der Waals surface area contributed by atoms with Crippen LogP contribution in [0.4, 0.5) is 11.5 Å². The maximum Gasteiger partial charge on any atom is 0.255 e. The summed E-state index contributed by atoms with van der Waals surface area (Å²) in [5, 5.41) is 14.8. The molecular formula is C38H46N8O4. The number of aromatic nitrogens is 4. The zero-order valence-electron chi connectivity index (χ0n) is 29.3. The summed E-state index contributed by atoms with van der Waals surface area (Å²) in [5.74, 6) is 2.17. The number of hydrogen-bond donors (Lipinski definition) is 1. The quantitative estimate of drug-likeness (QED) is 0.156. The minimum Gasteiger partial charge on any atom is -0.476 e. The summed E-state index contributed by atoms with van der Waals surface area (Å²) in [6.45, 7) is 5.90. The fourth-order valence-corrected chi connectivity index (χ4v) is 7.86. The van der Waals surface area contributed by atoms with Crippen molar-refractivity contribution in [3.8, 4) is 23.5 Å². The molecule has 3 aliphatic rings. The molecule has 5 heterocycles. The number of fused-ring (bicyclic) bond motifs is 2. The van der Waals surface area contributed by atoms with Crippen molar-refractivity contribution in [2.75, 3.05) is 44.5 Å². The second-order valence-electron chi connectivity index (χ2n) is 13.8. The number of nitriles is 1. The summed E-state index contributed by atoms with van der Waals surface area (Å²) in [5.41, 5.74) is 12.7. The van der Waals surface area contributed by atoms with Gasteiger partial charge in [-0.15, -0.1) is 0 Å². The van der Waals surface area contributed by atoms with E-state index in [-0.39, 0.29) is 11.5 Å². The van der Waals surface area contributed by atoms with Crippen molar-refractivity contribution < 1.29 is 14.0 Å². The number of hydrogen-bond acceptors (Lipinski definition) is 11. The van der Waals surface area contributed by atoms with Crippen LogP contribution >= 0.6 is 0 Å². The third-order valence-corrected chi connectivity index (χ3v) is 10.5. The first-order chi connectivity index (χ1) is 24.4. The van der Waals surface area contributed by atoms with E-state index in [0.717, 1.165) is 91.5 Å². The molecule has 1 aromatic carbocycles. The first-order valence-corrected chi connectivity index (χ1v) is 17.9. The molecule has 50 heavy (non-hydrogen) atoms. The highest BCUT2D eigenvalue weighted by Crippen LogP contribution is 2.44. The van der Waals surface area contributed by atoms with Gasteiger partial charge in [-0.25, -0.2) is 4.98 Å². The number of aryl methyl sites for hydroxylation is 2. The minimum absolute atomic E-state index is 0.0217. The van der Waals surface area contributed by atoms with Crippen molar-refractivity contribution in [3.63, 3.8) is 0 Å². The van der Waals surface area contributed by atoms with Crippen LogP contribution in [0.2, 0.25) is 0 Å². The van der Waals surface area contributed by atoms with Gasteiger partial charge in [0.1, 0.15) is 24.3 Å². The van der Waals surface area contributed by atoms with Gasteiger partial charge in [0.15, 0.2) is 11.5 Å². The molecule has 0 radical (unpaired) electrons. The van der Waals surface area contributed by atoms with Gasteiger partial charge in [0.2, 0.25) is 5.88 Å². The maximum atomic E-state index is 13.5. The van der Waals surface area contributed by atoms with Crippen molar-refractivity contribution in [2.24, 2.45) is 0 Å². The van der Waals surface area contributed by atoms with Gasteiger partial charge in [-0.1, -0.05) is 24.6 Å². The van der Waals surface area contributed by atoms with E-state index in [1.165, 1.54) is 0 Å². The predicted molar refractivity (Wildman–Crippen MR) is 190 cm³/mol. The Hall–Kier alpha value is -4.73. The molecule has 12 heteroatoms. The monoisotopic (exact) mass is 678 g/mol. The third kappa shape index (κ3) is 6.48. The molecule has 2 unspecified atom stereocenters. The summed E-state index contributed by atoms with van der Waals surface area (Å²) in [6.07, 6.45) is 9.14. The van der Waals surface area contributed by atoms with E-state index in [2.05, 4.69) is 35.0 Å². The summed E-state index contributed by atoms with van der Waals surface area (Å²) < 4.78 is 19.5. The smallest absolute Gasteiger partial charge is 0.255 e. The fraction of sp³-hybridized carbons (Fsp3) is 0.500. The lowest BCUT2D eigenvalue weighted by atomic mass is 9.78. The number of likely N-dealkylation sites (N-methyl/N-ethyl adjacent to an activating group) is 1. The number of rotatable bonds is 12. The fourth-order valence-electron chi connectivity index (χ4n) is 7.86. The van der Waals surface area contributed by atoms with Crippen LogP contribution in [0, 0.1) is 11.3 Å². The van der Waals surface area contributed by atoms with Gasteiger partial charge >= 0.3 is 0 Å². The van der Waals surface area contributed by atoms with Crippen LogP contribution in [-0.2, 0) is 37.2 Å². The van der Waals surface area contributed by atoms with Crippen LogP contribution in [0.25, 0.3) is 11.5 Å². The lowest BCUT2D eigenvalue weighted by Crippen LogP contribution is -2.30. The van der Waals surface area contributed by atoms with Gasteiger partial charge in [-0.05, 0) is 87.4 Å². The molecule has 0 bridgehead atoms. The highest BCUT2D eigenvalue weighted by molar-refractivity contribution is 5.65. The van der Waals surface area contributed by atoms with E-state index < -0.39 is 0 Å². The number of benzene rings is 1. The molecule has 0 amide bonds. The molecule has 1 saturated heterocycles. The highest BCUT2D eigenvalue weighted by Gasteiger charge is 2.35. The molecule has 0 spiro atoms. The summed E-state index contributed by atoms with van der Waals surface area (Å²) in [6, 6.07) is 10.5. The van der Waals surface area contributed by atoms with Crippen LogP contribution in [-0.4, -0.2) is 64.5 Å². The average molecular weight is 679 g/mol. The Bertz CT molecular complexity index is 1960. The lowest BCUT2D eigenvalue weighted by Gasteiger charge is -2.25. The van der Waals surface area contributed by atoms with Crippen molar-refractivity contribution in [3.05, 3.63) is 80.0 Å². The van der Waals surface area contributed by atoms with Crippen LogP contribution < -0.4 is 20.9 Å². The van der Waals surface area contributed by atoms with Gasteiger partial charge in [-0.2, -0.15) is 10.2 Å². The standard InChI is InChI=1S/C38H46N8O4/c1-4-8-24-12-13-31(40)29(20-39)34(24)27-10-5-11-28-35(43-50-36(27)28)37-41-32(19-33(42-37)49-23-26-9-6-15-44(26)2)46-21-25-14-17-45(16-7-18-48-3)38(47)30(25)22-46/h12-14,17,19,26-27H,4-11,15-16,18,21-23,40H2,1-3H3. The van der Waals surface area contributed by atoms with Crippen LogP contribution in [0.1, 0.15) is 90.5 Å². The van der Waals surface area contributed by atoms with E-state index in [4.69, 9.17) is 29.7 Å². The number of anilines is 2. The van der Waals surface area contributed by atoms with Crippen molar-refractivity contribution in [1.82, 2.24) is 24.6 Å². The Morgan fingerprint density at radius 3 is 2.80 bits per heavy atom. The Balaban J connectivity index is 1.25. The van der Waals surface area contributed by atoms with Gasteiger partial charge in [0.05, 0.1) is 12.1 Å². The van der Waals surface area contributed by atoms with Crippen molar-refractivity contribution in [1.29, 1.82) is 5.26 Å². The van der Waals surface area contributed by atoms with E-state index in [1.807, 2.05) is 30.5 Å². The number of ether oxygens (including phenoxy) is 2. The van der Waals surface area contributed by atoms with Crippen LogP contribution in [0.15, 0.2) is 39.8 Å². The zero-order chi connectivity index (χ0) is 34.8. The van der Waals surface area contributed by atoms with Crippen molar-refractivity contribution >= 4 is 11.5 Å². The van der Waals surface area contributed by atoms with E-state index >= 15 is 0 Å². The highest BCUT2D eigenvalue weighted by atomic mass is 16.5. The topological polar surface area (TPSA) is 149 Å². The summed E-state index contributed by atoms with van der Waals surface area (Å²) >= 11 is 0. The molecule has 2 atom stereocenters. The van der Waals surface area contributed by atoms with E-state index in [9.17, 15) is 10.1 Å². The molecule has 4 aromatic rings. The zero-order valence-corrected chi connectivity index (χ0v) is 29.3. The molecule has 1 aliphatic carbocycles. The lowest BCUT2D eigenvalue weighted by molar-refractivity contribution is 0.190. The summed E-state index contributed by atoms with van der Waals surface area (Å²) in [7, 11) is 3.80. The third-order valence-electron chi connectivity index (χ3n) is 10.5. The first kappa shape index (κ1) is 33.8. The number of nitrogens with two attached hydrogens (primary N) is 1. The van der Waals surface area contributed by atoms with Gasteiger partial charge in [0.25, 0.3) is 5.56 Å². The molecule has 3 aromatic heterocycles. The largest absolute Gasteiger partial charge is 0.476 e. The molecule has 262 valence electrons. The molecule has 1 fully saturated rings. The molecule has 12 nitrogen and oxygen atoms in total. The Kier molecular flexibility index (Phi) is 9.88. The molecular weight excluding hydrogens is 632 g/mol. The molecule has 7 rings (SSSR count). The first-order valence-electron chi connectivity index (χ1n) is 17.9. The number of nitrogens with zero attached hydrogens (tertiary/aromatic N) is 7. The second-order valence-corrected chi connectivity index (χ2v) is 13.8. The Labute approximate surface area is 292 Å². The van der Waals surface area contributed by atoms with Gasteiger partial charge < -0.3 is 34.1 Å². The van der Waals surface area contributed by atoms with E-state index in [0.29, 0.717) is 73.4 Å². The average Bonchev–Trinajstić information content (AvgIpc) is 3.87. The maximum absolute atomic E-state index is 13.5. The predicted octanol–water partition coefficient (Wildman–Crippen LogP) is 5.20. The number of pyridine rings is 1. The summed E-state index contributed by atoms with van der Waals surface area (Å²) in [4.78, 5) is 27.8. The normalized spacial score (nSPS) is 18.6. The number of likely N-dealkylation sites (tertiary alicyclic amines) is 1. The van der Waals surface area contributed by atoms with Crippen LogP contribution in [0.5, 0.6) is 5.88 Å². The van der Waals surface area contributed by atoms with Gasteiger partial charge in [0, 0.05) is 67.8 Å². The second kappa shape index (κ2) is 14.6. The molecule has 0 saturated carbocycles. The Morgan fingerprint density at radius 1 is 1.14 bits per heavy atom. The van der Waals surface area contributed by atoms with Crippen molar-refractivity contribution in [2.45, 2.75) is 89.9 Å². The van der Waals surface area contributed by atoms with E-state index in [1.54, 1.807) is 11.7 Å². The Morgan fingerprint density at radius 2 is 2.02 bits per heavy atom. The SMILES string of the molecule is CCCc1ccc(N)c(C#N)c1C1CCCc2c(-c3nc(OCC4CCCN4C)cc(N4Cc5ccn(CCCOC)c(=O)c5C4)n3)noc21.